The van der Waals surface area contributed by atoms with Crippen LogP contribution in [0.2, 0.25) is 0 Å². The van der Waals surface area contributed by atoms with Crippen molar-refractivity contribution in [3.8, 4) is 0 Å². The van der Waals surface area contributed by atoms with E-state index >= 15 is 0 Å². The number of carbonyl (C=O) groups excluding carboxylic acids is 2. The van der Waals surface area contributed by atoms with Gasteiger partial charge in [-0.15, -0.1) is 0 Å². The smallest absolute Gasteiger partial charge is 0.317 e. The Morgan fingerprint density at radius 3 is 1.84 bits per heavy atom. The minimum Gasteiger partial charge on any atom is -0.393 e. The highest BCUT2D eigenvalue weighted by atomic mass is 31.2. The van der Waals surface area contributed by atoms with Crippen molar-refractivity contribution in [3.63, 3.8) is 0 Å². The average Bonchev–Trinajstić information content (AvgIpc) is 2.96. The SMILES string of the molecule is O=C1OC(=O)C2CC(P(=O)(c3ccccc3)c3ccccc3)CCC12. The van der Waals surface area contributed by atoms with Crippen molar-refractivity contribution in [2.75, 3.05) is 0 Å². The number of ether oxygens (including phenoxy) is 1. The number of benzene rings is 2. The molecular formula is C20H19O4P. The molecule has 4 rings (SSSR count). The van der Waals surface area contributed by atoms with Gasteiger partial charge in [-0.1, -0.05) is 60.7 Å². The van der Waals surface area contributed by atoms with E-state index in [1.54, 1.807) is 0 Å². The Kier molecular flexibility index (Phi) is 4.09. The summed E-state index contributed by atoms with van der Waals surface area (Å²) in [6, 6.07) is 19.0. The quantitative estimate of drug-likeness (QED) is 0.483. The van der Waals surface area contributed by atoms with Crippen LogP contribution in [0, 0.1) is 11.8 Å². The van der Waals surface area contributed by atoms with Gasteiger partial charge in [0.25, 0.3) is 0 Å². The van der Waals surface area contributed by atoms with Crippen molar-refractivity contribution < 1.29 is 18.9 Å². The van der Waals surface area contributed by atoms with Crippen LogP contribution in [0.5, 0.6) is 0 Å². The molecule has 0 N–H and O–H groups in total. The summed E-state index contributed by atoms with van der Waals surface area (Å²) in [4.78, 5) is 23.8. The first-order chi connectivity index (χ1) is 12.1. The Labute approximate surface area is 146 Å². The molecule has 128 valence electrons. The van der Waals surface area contributed by atoms with E-state index in [1.807, 2.05) is 60.7 Å². The molecule has 0 bridgehead atoms. The number of hydrogen-bond donors (Lipinski definition) is 0. The zero-order valence-corrected chi connectivity index (χ0v) is 14.6. The second kappa shape index (κ2) is 6.27. The van der Waals surface area contributed by atoms with Gasteiger partial charge in [0.1, 0.15) is 7.14 Å². The van der Waals surface area contributed by atoms with Crippen molar-refractivity contribution in [3.05, 3.63) is 60.7 Å². The van der Waals surface area contributed by atoms with Crippen molar-refractivity contribution in [2.45, 2.75) is 24.9 Å². The summed E-state index contributed by atoms with van der Waals surface area (Å²) < 4.78 is 19.1. The molecule has 1 saturated carbocycles. The largest absolute Gasteiger partial charge is 0.393 e. The van der Waals surface area contributed by atoms with Gasteiger partial charge in [0.05, 0.1) is 11.8 Å². The highest BCUT2D eigenvalue weighted by Crippen LogP contribution is 2.56. The van der Waals surface area contributed by atoms with Crippen LogP contribution in [-0.4, -0.2) is 17.6 Å². The Morgan fingerprint density at radius 2 is 1.28 bits per heavy atom. The molecule has 1 saturated heterocycles. The lowest BCUT2D eigenvalue weighted by atomic mass is 9.81. The second-order valence-electron chi connectivity index (χ2n) is 6.75. The minimum absolute atomic E-state index is 0.156. The maximum Gasteiger partial charge on any atom is 0.317 e. The Bertz CT molecular complexity index is 803. The molecule has 0 amide bonds. The Balaban J connectivity index is 1.77. The summed E-state index contributed by atoms with van der Waals surface area (Å²) in [5.74, 6) is -1.68. The minimum atomic E-state index is -2.91. The highest BCUT2D eigenvalue weighted by molar-refractivity contribution is 7.79. The van der Waals surface area contributed by atoms with E-state index in [1.165, 1.54) is 0 Å². The molecular weight excluding hydrogens is 335 g/mol. The molecule has 0 radical (unpaired) electrons. The second-order valence-corrected chi connectivity index (χ2v) is 9.83. The molecule has 4 nitrogen and oxygen atoms in total. The summed E-state index contributed by atoms with van der Waals surface area (Å²) in [6.07, 6.45) is 1.66. The topological polar surface area (TPSA) is 60.4 Å². The van der Waals surface area contributed by atoms with Gasteiger partial charge in [-0.25, -0.2) is 0 Å². The lowest BCUT2D eigenvalue weighted by Crippen LogP contribution is -2.35. The fraction of sp³-hybridized carbons (Fsp3) is 0.300. The van der Waals surface area contributed by atoms with Gasteiger partial charge in [0.2, 0.25) is 0 Å². The van der Waals surface area contributed by atoms with Gasteiger partial charge < -0.3 is 9.30 Å². The van der Waals surface area contributed by atoms with E-state index < -0.39 is 25.0 Å². The third kappa shape index (κ3) is 2.65. The summed E-state index contributed by atoms with van der Waals surface area (Å²) in [5.41, 5.74) is -0.156. The van der Waals surface area contributed by atoms with E-state index in [4.69, 9.17) is 4.74 Å². The number of fused-ring (bicyclic) bond motifs is 1. The van der Waals surface area contributed by atoms with Crippen molar-refractivity contribution in [2.24, 2.45) is 11.8 Å². The molecule has 0 spiro atoms. The van der Waals surface area contributed by atoms with Crippen LogP contribution in [-0.2, 0) is 18.9 Å². The standard InChI is InChI=1S/C20H19O4P/c21-19-17-12-11-16(13-18(17)20(22)24-19)25(23,14-7-3-1-4-8-14)15-9-5-2-6-10-15/h1-10,16-18H,11-13H2. The van der Waals surface area contributed by atoms with E-state index in [-0.39, 0.29) is 11.6 Å². The third-order valence-corrected chi connectivity index (χ3v) is 9.05. The van der Waals surface area contributed by atoms with E-state index in [0.717, 1.165) is 10.6 Å². The monoisotopic (exact) mass is 354 g/mol. The Hall–Kier alpha value is -2.19. The lowest BCUT2D eigenvalue weighted by molar-refractivity contribution is -0.153. The number of cyclic esters (lactones) is 2. The van der Waals surface area contributed by atoms with Crippen LogP contribution in [0.1, 0.15) is 19.3 Å². The first kappa shape index (κ1) is 16.3. The molecule has 1 aliphatic carbocycles. The molecule has 25 heavy (non-hydrogen) atoms. The highest BCUT2D eigenvalue weighted by Gasteiger charge is 2.51. The molecule has 1 heterocycles. The summed E-state index contributed by atoms with van der Waals surface area (Å²) in [6.45, 7) is 0. The van der Waals surface area contributed by atoms with Gasteiger partial charge in [-0.2, -0.15) is 0 Å². The Morgan fingerprint density at radius 1 is 0.760 bits per heavy atom. The van der Waals surface area contributed by atoms with Crippen molar-refractivity contribution in [1.82, 2.24) is 0 Å². The van der Waals surface area contributed by atoms with E-state index in [2.05, 4.69) is 0 Å². The zero-order valence-electron chi connectivity index (χ0n) is 13.7. The van der Waals surface area contributed by atoms with Gasteiger partial charge in [0.15, 0.2) is 0 Å². The van der Waals surface area contributed by atoms with E-state index in [0.29, 0.717) is 19.3 Å². The number of hydrogen-bond acceptors (Lipinski definition) is 4. The van der Waals surface area contributed by atoms with Gasteiger partial charge in [-0.3, -0.25) is 9.59 Å². The van der Waals surface area contributed by atoms with Crippen LogP contribution in [0.15, 0.2) is 60.7 Å². The average molecular weight is 354 g/mol. The predicted molar refractivity (Wildman–Crippen MR) is 95.5 cm³/mol. The van der Waals surface area contributed by atoms with Crippen molar-refractivity contribution in [1.29, 1.82) is 0 Å². The third-order valence-electron chi connectivity index (χ3n) is 5.42. The van der Waals surface area contributed by atoms with E-state index in [9.17, 15) is 14.2 Å². The molecule has 2 fully saturated rings. The number of carbonyl (C=O) groups is 2. The number of esters is 2. The molecule has 0 aromatic heterocycles. The molecule has 5 heteroatoms. The summed E-state index contributed by atoms with van der Waals surface area (Å²) in [7, 11) is -2.91. The summed E-state index contributed by atoms with van der Waals surface area (Å²) >= 11 is 0. The first-order valence-corrected chi connectivity index (χ1v) is 10.3. The molecule has 3 unspecified atom stereocenters. The fourth-order valence-corrected chi connectivity index (χ4v) is 7.55. The normalized spacial score (nSPS) is 26.2. The van der Waals surface area contributed by atoms with Gasteiger partial charge in [-0.05, 0) is 19.3 Å². The number of rotatable bonds is 3. The first-order valence-electron chi connectivity index (χ1n) is 8.57. The molecule has 1 aliphatic heterocycles. The predicted octanol–water partition coefficient (Wildman–Crippen LogP) is 2.87. The van der Waals surface area contributed by atoms with Crippen LogP contribution in [0.3, 0.4) is 0 Å². The van der Waals surface area contributed by atoms with Crippen LogP contribution in [0.25, 0.3) is 0 Å². The zero-order chi connectivity index (χ0) is 17.4. The van der Waals surface area contributed by atoms with Crippen LogP contribution >= 0.6 is 7.14 Å². The molecule has 3 atom stereocenters. The summed E-state index contributed by atoms with van der Waals surface area (Å²) in [5, 5.41) is 1.62. The maximum atomic E-state index is 14.3. The van der Waals surface area contributed by atoms with Crippen LogP contribution < -0.4 is 10.6 Å². The van der Waals surface area contributed by atoms with Crippen LogP contribution in [0.4, 0.5) is 0 Å². The fourth-order valence-electron chi connectivity index (χ4n) is 4.14. The lowest BCUT2D eigenvalue weighted by Gasteiger charge is -2.34. The van der Waals surface area contributed by atoms with Crippen molar-refractivity contribution >= 4 is 29.7 Å². The molecule has 2 aromatic carbocycles. The maximum absolute atomic E-state index is 14.3. The molecule has 2 aromatic rings. The van der Waals surface area contributed by atoms with Gasteiger partial charge >= 0.3 is 11.9 Å². The van der Waals surface area contributed by atoms with Gasteiger partial charge in [0, 0.05) is 16.3 Å². The molecule has 2 aliphatic rings.